The highest BCUT2D eigenvalue weighted by Gasteiger charge is 2.06. The second-order valence-electron chi connectivity index (χ2n) is 6.50. The van der Waals surface area contributed by atoms with Crippen LogP contribution in [0.5, 0.6) is 0 Å². The molecule has 0 aromatic rings. The van der Waals surface area contributed by atoms with Crippen LogP contribution in [0.3, 0.4) is 0 Å². The topological polar surface area (TPSA) is 37.3 Å². The van der Waals surface area contributed by atoms with Crippen LogP contribution in [0.25, 0.3) is 0 Å². The molecule has 2 heteroatoms. The number of hydrogen-bond acceptors (Lipinski definition) is 1. The minimum Gasteiger partial charge on any atom is -0.481 e. The standard InChI is InChI=1S/C24H36O2/c1-4-5-6-7-13-16-19-22(2)23(3)20-17-14-11-9-8-10-12-15-18-21-24(25)26/h5-6,8-9,11-17,20,22-23H,4,7,10,18-19,21H2,1-3H3,(H,25,26)/b6-5-,9-8-,14-11+,15-12-,16-13-,20-17-. The molecule has 0 fully saturated rings. The number of rotatable bonds is 14. The van der Waals surface area contributed by atoms with Crippen LogP contribution in [0.1, 0.15) is 59.3 Å². The van der Waals surface area contributed by atoms with Crippen molar-refractivity contribution in [3.05, 3.63) is 72.9 Å². The van der Waals surface area contributed by atoms with E-state index < -0.39 is 5.97 Å². The maximum absolute atomic E-state index is 10.4. The van der Waals surface area contributed by atoms with Gasteiger partial charge in [0.25, 0.3) is 0 Å². The summed E-state index contributed by atoms with van der Waals surface area (Å²) in [7, 11) is 0. The molecule has 0 aliphatic heterocycles. The van der Waals surface area contributed by atoms with E-state index in [9.17, 15) is 4.79 Å². The van der Waals surface area contributed by atoms with Gasteiger partial charge in [0.1, 0.15) is 0 Å². The molecule has 0 amide bonds. The van der Waals surface area contributed by atoms with E-state index in [2.05, 4.69) is 69.4 Å². The van der Waals surface area contributed by atoms with Crippen LogP contribution < -0.4 is 0 Å². The number of hydrogen-bond donors (Lipinski definition) is 1. The van der Waals surface area contributed by atoms with Crippen LogP contribution in [0.15, 0.2) is 72.9 Å². The Morgan fingerprint density at radius 3 is 2.23 bits per heavy atom. The van der Waals surface area contributed by atoms with Crippen molar-refractivity contribution in [3.8, 4) is 0 Å². The molecule has 2 unspecified atom stereocenters. The Balaban J connectivity index is 3.92. The first kappa shape index (κ1) is 23.9. The molecule has 0 saturated heterocycles. The van der Waals surface area contributed by atoms with E-state index in [4.69, 9.17) is 5.11 Å². The Kier molecular flexibility index (Phi) is 16.3. The van der Waals surface area contributed by atoms with Gasteiger partial charge in [-0.15, -0.1) is 0 Å². The molecule has 0 aromatic heterocycles. The second-order valence-corrected chi connectivity index (χ2v) is 6.50. The summed E-state index contributed by atoms with van der Waals surface area (Å²) >= 11 is 0. The summed E-state index contributed by atoms with van der Waals surface area (Å²) in [5, 5.41) is 8.52. The van der Waals surface area contributed by atoms with Crippen LogP contribution in [0, 0.1) is 11.8 Å². The Morgan fingerprint density at radius 1 is 0.846 bits per heavy atom. The van der Waals surface area contributed by atoms with Gasteiger partial charge in [0.2, 0.25) is 0 Å². The fraction of sp³-hybridized carbons (Fsp3) is 0.458. The molecule has 0 aliphatic rings. The third-order valence-corrected chi connectivity index (χ3v) is 4.09. The van der Waals surface area contributed by atoms with Crippen LogP contribution in [-0.4, -0.2) is 11.1 Å². The summed E-state index contributed by atoms with van der Waals surface area (Å²) in [6, 6.07) is 0. The quantitative estimate of drug-likeness (QED) is 0.268. The lowest BCUT2D eigenvalue weighted by Gasteiger charge is -2.13. The van der Waals surface area contributed by atoms with Gasteiger partial charge < -0.3 is 5.11 Å². The molecule has 0 radical (unpaired) electrons. The zero-order chi connectivity index (χ0) is 19.5. The molecular formula is C24H36O2. The zero-order valence-corrected chi connectivity index (χ0v) is 16.7. The predicted molar refractivity (Wildman–Crippen MR) is 114 cm³/mol. The van der Waals surface area contributed by atoms with Crippen molar-refractivity contribution in [2.45, 2.75) is 59.3 Å². The van der Waals surface area contributed by atoms with E-state index in [0.717, 1.165) is 25.7 Å². The molecule has 2 atom stereocenters. The van der Waals surface area contributed by atoms with Gasteiger partial charge in [-0.1, -0.05) is 93.7 Å². The Hall–Kier alpha value is -2.09. The normalized spacial score (nSPS) is 15.5. The van der Waals surface area contributed by atoms with Gasteiger partial charge in [-0.25, -0.2) is 0 Å². The van der Waals surface area contributed by atoms with Crippen LogP contribution >= 0.6 is 0 Å². The number of carbonyl (C=O) groups is 1. The summed E-state index contributed by atoms with van der Waals surface area (Å²) in [5.74, 6) is 0.442. The molecule has 2 nitrogen and oxygen atoms in total. The molecule has 0 saturated carbocycles. The van der Waals surface area contributed by atoms with Crippen molar-refractivity contribution in [2.24, 2.45) is 11.8 Å². The summed E-state index contributed by atoms with van der Waals surface area (Å²) in [4.78, 5) is 10.4. The molecule has 0 aromatic carbocycles. The highest BCUT2D eigenvalue weighted by Crippen LogP contribution is 2.17. The molecule has 144 valence electrons. The highest BCUT2D eigenvalue weighted by atomic mass is 16.4. The lowest BCUT2D eigenvalue weighted by atomic mass is 9.92. The minimum absolute atomic E-state index is 0.202. The SMILES string of the molecule is CC/C=C\C/C=C\CC(C)C(C)\C=C/C=C/C=C\C/C=C\CCC(=O)O. The highest BCUT2D eigenvalue weighted by molar-refractivity contribution is 5.66. The Labute approximate surface area is 160 Å². The monoisotopic (exact) mass is 356 g/mol. The molecule has 0 heterocycles. The van der Waals surface area contributed by atoms with Crippen molar-refractivity contribution in [2.75, 3.05) is 0 Å². The smallest absolute Gasteiger partial charge is 0.303 e. The van der Waals surface area contributed by atoms with Crippen molar-refractivity contribution >= 4 is 5.97 Å². The lowest BCUT2D eigenvalue weighted by molar-refractivity contribution is -0.136. The van der Waals surface area contributed by atoms with E-state index in [0.29, 0.717) is 18.3 Å². The fourth-order valence-electron chi connectivity index (χ4n) is 2.18. The van der Waals surface area contributed by atoms with Crippen molar-refractivity contribution in [3.63, 3.8) is 0 Å². The first-order chi connectivity index (χ1) is 12.6. The maximum atomic E-state index is 10.4. The first-order valence-corrected chi connectivity index (χ1v) is 9.74. The summed E-state index contributed by atoms with van der Waals surface area (Å²) in [6.45, 7) is 6.71. The molecule has 26 heavy (non-hydrogen) atoms. The number of aliphatic carboxylic acids is 1. The van der Waals surface area contributed by atoms with Gasteiger partial charge in [0, 0.05) is 6.42 Å². The second kappa shape index (κ2) is 17.7. The number of allylic oxidation sites excluding steroid dienone is 12. The Bertz CT molecular complexity index is 518. The third kappa shape index (κ3) is 16.8. The summed E-state index contributed by atoms with van der Waals surface area (Å²) in [6.07, 6.45) is 30.3. The van der Waals surface area contributed by atoms with Crippen LogP contribution in [0.4, 0.5) is 0 Å². The van der Waals surface area contributed by atoms with Crippen molar-refractivity contribution < 1.29 is 9.90 Å². The van der Waals surface area contributed by atoms with E-state index >= 15 is 0 Å². The zero-order valence-electron chi connectivity index (χ0n) is 16.7. The van der Waals surface area contributed by atoms with E-state index in [1.165, 1.54) is 0 Å². The lowest BCUT2D eigenvalue weighted by Crippen LogP contribution is -2.03. The third-order valence-electron chi connectivity index (χ3n) is 4.09. The summed E-state index contributed by atoms with van der Waals surface area (Å²) in [5.41, 5.74) is 0. The van der Waals surface area contributed by atoms with Gasteiger partial charge >= 0.3 is 5.97 Å². The maximum Gasteiger partial charge on any atom is 0.303 e. The van der Waals surface area contributed by atoms with E-state index in [1.807, 2.05) is 24.3 Å². The van der Waals surface area contributed by atoms with Crippen molar-refractivity contribution in [1.82, 2.24) is 0 Å². The van der Waals surface area contributed by atoms with Gasteiger partial charge in [-0.05, 0) is 43.9 Å². The average molecular weight is 357 g/mol. The number of carboxylic acid groups (broad SMARTS) is 1. The molecular weight excluding hydrogens is 320 g/mol. The first-order valence-electron chi connectivity index (χ1n) is 9.74. The Morgan fingerprint density at radius 2 is 1.50 bits per heavy atom. The van der Waals surface area contributed by atoms with Crippen LogP contribution in [0.2, 0.25) is 0 Å². The van der Waals surface area contributed by atoms with E-state index in [-0.39, 0.29) is 6.42 Å². The van der Waals surface area contributed by atoms with Gasteiger partial charge in [-0.2, -0.15) is 0 Å². The fourth-order valence-corrected chi connectivity index (χ4v) is 2.18. The van der Waals surface area contributed by atoms with Crippen molar-refractivity contribution in [1.29, 1.82) is 0 Å². The largest absolute Gasteiger partial charge is 0.481 e. The predicted octanol–water partition coefficient (Wildman–Crippen LogP) is 7.04. The van der Waals surface area contributed by atoms with Crippen LogP contribution in [-0.2, 0) is 4.79 Å². The molecule has 0 bridgehead atoms. The molecule has 0 spiro atoms. The number of carboxylic acids is 1. The average Bonchev–Trinajstić information content (AvgIpc) is 2.61. The molecule has 0 rings (SSSR count). The van der Waals surface area contributed by atoms with Gasteiger partial charge in [0.05, 0.1) is 0 Å². The minimum atomic E-state index is -0.747. The molecule has 1 N–H and O–H groups in total. The summed E-state index contributed by atoms with van der Waals surface area (Å²) < 4.78 is 0. The van der Waals surface area contributed by atoms with Gasteiger partial charge in [0.15, 0.2) is 0 Å². The van der Waals surface area contributed by atoms with E-state index in [1.54, 1.807) is 0 Å². The molecule has 0 aliphatic carbocycles. The van der Waals surface area contributed by atoms with Gasteiger partial charge in [-0.3, -0.25) is 4.79 Å².